The van der Waals surface area contributed by atoms with Crippen LogP contribution in [-0.4, -0.2) is 28.8 Å². The van der Waals surface area contributed by atoms with Gasteiger partial charge in [-0.3, -0.25) is 4.68 Å². The minimum absolute atomic E-state index is 0.653. The third kappa shape index (κ3) is 8.05. The molecule has 0 unspecified atom stereocenters. The predicted octanol–water partition coefficient (Wildman–Crippen LogP) is 3.08. The second-order valence-electron chi connectivity index (χ2n) is 6.16. The molecule has 0 fully saturated rings. The van der Waals surface area contributed by atoms with Gasteiger partial charge in [0.25, 0.3) is 0 Å². The van der Waals surface area contributed by atoms with Crippen molar-refractivity contribution in [1.82, 2.24) is 20.4 Å². The fraction of sp³-hybridized carbons (Fsp3) is 0.765. The number of aliphatic imine (C=N–C) groups is 1. The van der Waals surface area contributed by atoms with Gasteiger partial charge in [-0.2, -0.15) is 5.10 Å². The molecule has 0 saturated carbocycles. The largest absolute Gasteiger partial charge is 0.357 e. The van der Waals surface area contributed by atoms with E-state index in [0.717, 1.165) is 30.7 Å². The zero-order valence-corrected chi connectivity index (χ0v) is 14.7. The molecule has 0 atom stereocenters. The van der Waals surface area contributed by atoms with E-state index in [1.165, 1.54) is 32.1 Å². The number of hydrogen-bond acceptors (Lipinski definition) is 2. The minimum atomic E-state index is 0.653. The van der Waals surface area contributed by atoms with Crippen LogP contribution in [0, 0.1) is 5.92 Å². The maximum Gasteiger partial charge on any atom is 0.191 e. The van der Waals surface area contributed by atoms with E-state index in [2.05, 4.69) is 41.5 Å². The smallest absolute Gasteiger partial charge is 0.191 e. The highest BCUT2D eigenvalue weighted by molar-refractivity contribution is 5.79. The molecule has 0 radical (unpaired) electrons. The van der Waals surface area contributed by atoms with Crippen LogP contribution in [0.25, 0.3) is 0 Å². The van der Waals surface area contributed by atoms with Crippen LogP contribution in [0.4, 0.5) is 0 Å². The van der Waals surface area contributed by atoms with E-state index in [4.69, 9.17) is 0 Å². The first-order valence-corrected chi connectivity index (χ1v) is 8.62. The van der Waals surface area contributed by atoms with E-state index in [9.17, 15) is 0 Å². The van der Waals surface area contributed by atoms with Gasteiger partial charge in [-0.15, -0.1) is 0 Å². The van der Waals surface area contributed by atoms with Crippen LogP contribution < -0.4 is 10.6 Å². The Balaban J connectivity index is 2.22. The molecule has 0 saturated heterocycles. The van der Waals surface area contributed by atoms with Crippen molar-refractivity contribution >= 4 is 5.96 Å². The Labute approximate surface area is 135 Å². The van der Waals surface area contributed by atoms with E-state index in [1.807, 2.05) is 24.0 Å². The first-order valence-electron chi connectivity index (χ1n) is 8.62. The Bertz CT molecular complexity index is 422. The second kappa shape index (κ2) is 11.1. The van der Waals surface area contributed by atoms with Crippen LogP contribution in [0.1, 0.15) is 58.6 Å². The summed E-state index contributed by atoms with van der Waals surface area (Å²) in [5.41, 5.74) is 1.12. The second-order valence-corrected chi connectivity index (χ2v) is 6.16. The Morgan fingerprint density at radius 1 is 1.23 bits per heavy atom. The van der Waals surface area contributed by atoms with Crippen molar-refractivity contribution in [3.8, 4) is 0 Å². The monoisotopic (exact) mass is 307 g/mol. The number of aromatic nitrogens is 2. The molecule has 1 aromatic rings. The van der Waals surface area contributed by atoms with Gasteiger partial charge in [0.05, 0.1) is 12.2 Å². The fourth-order valence-electron chi connectivity index (χ4n) is 2.30. The summed E-state index contributed by atoms with van der Waals surface area (Å²) in [6.07, 6.45) is 8.34. The third-order valence-corrected chi connectivity index (χ3v) is 3.67. The van der Waals surface area contributed by atoms with Crippen molar-refractivity contribution in [2.75, 3.05) is 13.1 Å². The van der Waals surface area contributed by atoms with E-state index in [1.54, 1.807) is 0 Å². The molecule has 5 nitrogen and oxygen atoms in total. The van der Waals surface area contributed by atoms with E-state index in [0.29, 0.717) is 6.54 Å². The molecule has 126 valence electrons. The maximum absolute atomic E-state index is 4.61. The van der Waals surface area contributed by atoms with Gasteiger partial charge in [0, 0.05) is 26.3 Å². The highest BCUT2D eigenvalue weighted by Crippen LogP contribution is 2.08. The molecule has 0 aliphatic heterocycles. The van der Waals surface area contributed by atoms with Crippen molar-refractivity contribution < 1.29 is 0 Å². The number of nitrogens with zero attached hydrogens (tertiary/aromatic N) is 3. The van der Waals surface area contributed by atoms with Crippen molar-refractivity contribution in [2.45, 2.75) is 59.4 Å². The lowest BCUT2D eigenvalue weighted by Gasteiger charge is -2.11. The predicted molar refractivity (Wildman–Crippen MR) is 93.9 cm³/mol. The molecule has 0 bridgehead atoms. The highest BCUT2D eigenvalue weighted by atomic mass is 15.3. The number of nitrogens with one attached hydrogen (secondary N) is 2. The van der Waals surface area contributed by atoms with Crippen molar-refractivity contribution in [3.63, 3.8) is 0 Å². The molecule has 0 amide bonds. The first-order chi connectivity index (χ1) is 10.6. The van der Waals surface area contributed by atoms with Crippen LogP contribution >= 0.6 is 0 Å². The van der Waals surface area contributed by atoms with Crippen molar-refractivity contribution in [2.24, 2.45) is 18.0 Å². The van der Waals surface area contributed by atoms with Gasteiger partial charge < -0.3 is 10.6 Å². The average molecular weight is 307 g/mol. The van der Waals surface area contributed by atoms with Crippen molar-refractivity contribution in [3.05, 3.63) is 18.0 Å². The van der Waals surface area contributed by atoms with E-state index >= 15 is 0 Å². The number of rotatable bonds is 10. The van der Waals surface area contributed by atoms with Crippen LogP contribution in [-0.2, 0) is 13.6 Å². The van der Waals surface area contributed by atoms with Crippen molar-refractivity contribution in [1.29, 1.82) is 0 Å². The molecule has 0 aliphatic carbocycles. The number of hydrogen-bond donors (Lipinski definition) is 2. The van der Waals surface area contributed by atoms with Crippen LogP contribution in [0.15, 0.2) is 17.3 Å². The van der Waals surface area contributed by atoms with Gasteiger partial charge in [0.2, 0.25) is 0 Å². The molecule has 1 rings (SSSR count). The molecule has 22 heavy (non-hydrogen) atoms. The zero-order valence-electron chi connectivity index (χ0n) is 14.7. The Morgan fingerprint density at radius 2 is 2.00 bits per heavy atom. The Hall–Kier alpha value is -1.52. The number of guanidine groups is 1. The van der Waals surface area contributed by atoms with Gasteiger partial charge in [-0.1, -0.05) is 39.5 Å². The van der Waals surface area contributed by atoms with Gasteiger partial charge in [0.1, 0.15) is 0 Å². The summed E-state index contributed by atoms with van der Waals surface area (Å²) in [4.78, 5) is 4.61. The summed E-state index contributed by atoms with van der Waals surface area (Å²) < 4.78 is 1.86. The molecule has 1 heterocycles. The Kier molecular flexibility index (Phi) is 9.35. The normalized spacial score (nSPS) is 12.0. The SMILES string of the molecule is CCNC(=NCc1ccnn1C)NCCCCCCC(C)C. The number of aryl methyl sites for hydroxylation is 1. The first kappa shape index (κ1) is 18.5. The van der Waals surface area contributed by atoms with Gasteiger partial charge >= 0.3 is 0 Å². The Morgan fingerprint density at radius 3 is 2.64 bits per heavy atom. The van der Waals surface area contributed by atoms with Gasteiger partial charge in [-0.05, 0) is 25.3 Å². The third-order valence-electron chi connectivity index (χ3n) is 3.67. The molecular formula is C17H33N5. The molecule has 5 heteroatoms. The topological polar surface area (TPSA) is 54.2 Å². The summed E-state index contributed by atoms with van der Waals surface area (Å²) in [6, 6.07) is 2.00. The van der Waals surface area contributed by atoms with Gasteiger partial charge in [-0.25, -0.2) is 4.99 Å². The molecule has 0 aromatic carbocycles. The highest BCUT2D eigenvalue weighted by Gasteiger charge is 2.00. The molecular weight excluding hydrogens is 274 g/mol. The molecule has 2 N–H and O–H groups in total. The van der Waals surface area contributed by atoms with Gasteiger partial charge in [0.15, 0.2) is 5.96 Å². The maximum atomic E-state index is 4.61. The van der Waals surface area contributed by atoms with Crippen LogP contribution in [0.2, 0.25) is 0 Å². The quantitative estimate of drug-likeness (QED) is 0.397. The lowest BCUT2D eigenvalue weighted by Crippen LogP contribution is -2.37. The average Bonchev–Trinajstić information content (AvgIpc) is 2.88. The summed E-state index contributed by atoms with van der Waals surface area (Å²) in [5.74, 6) is 1.73. The van der Waals surface area contributed by atoms with Crippen LogP contribution in [0.3, 0.4) is 0 Å². The molecule has 0 spiro atoms. The zero-order chi connectivity index (χ0) is 16.2. The lowest BCUT2D eigenvalue weighted by atomic mass is 10.0. The molecule has 0 aliphatic rings. The summed E-state index contributed by atoms with van der Waals surface area (Å²) in [5, 5.41) is 10.9. The molecule has 1 aromatic heterocycles. The summed E-state index contributed by atoms with van der Waals surface area (Å²) >= 11 is 0. The number of unbranched alkanes of at least 4 members (excludes halogenated alkanes) is 3. The standard InChI is InChI=1S/C17H33N5/c1-5-18-17(20-14-16-11-13-21-22(16)4)19-12-9-7-6-8-10-15(2)3/h11,13,15H,5-10,12,14H2,1-4H3,(H2,18,19,20). The van der Waals surface area contributed by atoms with Crippen LogP contribution in [0.5, 0.6) is 0 Å². The summed E-state index contributed by atoms with van der Waals surface area (Å²) in [7, 11) is 1.95. The van der Waals surface area contributed by atoms with E-state index in [-0.39, 0.29) is 0 Å². The van der Waals surface area contributed by atoms with E-state index < -0.39 is 0 Å². The fourth-order valence-corrected chi connectivity index (χ4v) is 2.30. The minimum Gasteiger partial charge on any atom is -0.357 e. The summed E-state index contributed by atoms with van der Waals surface area (Å²) in [6.45, 7) is 9.20. The lowest BCUT2D eigenvalue weighted by molar-refractivity contribution is 0.518.